The molecule has 0 atom stereocenters. The molecule has 1 saturated heterocycles. The van der Waals surface area contributed by atoms with Gasteiger partial charge in [-0.25, -0.2) is 4.79 Å². The maximum Gasteiger partial charge on any atom is 0.317 e. The molecule has 0 spiro atoms. The highest BCUT2D eigenvalue weighted by Gasteiger charge is 2.33. The summed E-state index contributed by atoms with van der Waals surface area (Å²) in [5, 5.41) is 12.0. The lowest BCUT2D eigenvalue weighted by Crippen LogP contribution is -2.48. The van der Waals surface area contributed by atoms with Gasteiger partial charge in [0.2, 0.25) is 0 Å². The van der Waals surface area contributed by atoms with E-state index >= 15 is 0 Å². The number of nitrogens with one attached hydrogen (secondary N) is 1. The number of rotatable bonds is 4. The van der Waals surface area contributed by atoms with Crippen molar-refractivity contribution >= 4 is 23.6 Å². The predicted molar refractivity (Wildman–Crippen MR) is 85.3 cm³/mol. The minimum atomic E-state index is -0.910. The lowest BCUT2D eigenvalue weighted by Gasteiger charge is -2.39. The molecule has 5 nitrogen and oxygen atoms in total. The third-order valence-corrected chi connectivity index (χ3v) is 4.53. The molecule has 2 rings (SSSR count). The van der Waals surface area contributed by atoms with Crippen molar-refractivity contribution in [2.45, 2.75) is 31.6 Å². The molecule has 1 aliphatic rings. The van der Waals surface area contributed by atoms with Crippen LogP contribution in [-0.2, 0) is 10.2 Å². The van der Waals surface area contributed by atoms with Gasteiger partial charge in [0, 0.05) is 24.7 Å². The van der Waals surface area contributed by atoms with Crippen LogP contribution in [0.15, 0.2) is 24.3 Å². The van der Waals surface area contributed by atoms with Crippen molar-refractivity contribution in [2.75, 3.05) is 19.6 Å². The molecule has 2 amide bonds. The quantitative estimate of drug-likeness (QED) is 0.894. The Labute approximate surface area is 135 Å². The van der Waals surface area contributed by atoms with Crippen LogP contribution in [0.3, 0.4) is 0 Å². The number of piperidine rings is 1. The van der Waals surface area contributed by atoms with Crippen LogP contribution in [0.2, 0.25) is 5.02 Å². The van der Waals surface area contributed by atoms with Gasteiger partial charge in [-0.3, -0.25) is 4.79 Å². The van der Waals surface area contributed by atoms with E-state index in [2.05, 4.69) is 18.3 Å². The van der Waals surface area contributed by atoms with Crippen molar-refractivity contribution in [2.24, 2.45) is 0 Å². The molecule has 22 heavy (non-hydrogen) atoms. The smallest absolute Gasteiger partial charge is 0.317 e. The first kappa shape index (κ1) is 16.6. The molecular weight excluding hydrogens is 304 g/mol. The van der Waals surface area contributed by atoms with Gasteiger partial charge in [-0.1, -0.05) is 30.7 Å². The highest BCUT2D eigenvalue weighted by atomic mass is 35.5. The second-order valence-electron chi connectivity index (χ2n) is 5.93. The minimum Gasteiger partial charge on any atom is -0.481 e. The van der Waals surface area contributed by atoms with E-state index in [1.807, 2.05) is 18.2 Å². The van der Waals surface area contributed by atoms with Crippen molar-refractivity contribution in [3.8, 4) is 0 Å². The lowest BCUT2D eigenvalue weighted by molar-refractivity contribution is -0.136. The van der Waals surface area contributed by atoms with Gasteiger partial charge in [-0.05, 0) is 36.0 Å². The van der Waals surface area contributed by atoms with Gasteiger partial charge in [-0.2, -0.15) is 0 Å². The maximum absolute atomic E-state index is 12.0. The first-order valence-electron chi connectivity index (χ1n) is 7.41. The van der Waals surface area contributed by atoms with Gasteiger partial charge in [-0.15, -0.1) is 0 Å². The normalized spacial score (nSPS) is 17.1. The molecule has 2 N–H and O–H groups in total. The van der Waals surface area contributed by atoms with Crippen LogP contribution >= 0.6 is 11.6 Å². The van der Waals surface area contributed by atoms with Crippen molar-refractivity contribution in [3.05, 3.63) is 34.9 Å². The van der Waals surface area contributed by atoms with Gasteiger partial charge >= 0.3 is 12.0 Å². The number of urea groups is 1. The highest BCUT2D eigenvalue weighted by molar-refractivity contribution is 6.30. The predicted octanol–water partition coefficient (Wildman–Crippen LogP) is 2.88. The molecule has 1 aliphatic heterocycles. The van der Waals surface area contributed by atoms with Crippen LogP contribution < -0.4 is 5.32 Å². The average Bonchev–Trinajstić information content (AvgIpc) is 2.47. The number of carboxylic acids is 1. The van der Waals surface area contributed by atoms with E-state index in [-0.39, 0.29) is 24.4 Å². The molecule has 1 fully saturated rings. The van der Waals surface area contributed by atoms with Crippen molar-refractivity contribution in [3.63, 3.8) is 0 Å². The second kappa shape index (κ2) is 7.01. The second-order valence-corrected chi connectivity index (χ2v) is 6.37. The summed E-state index contributed by atoms with van der Waals surface area (Å²) in [5.74, 6) is -0.910. The van der Waals surface area contributed by atoms with E-state index in [1.54, 1.807) is 4.90 Å². The summed E-state index contributed by atoms with van der Waals surface area (Å²) >= 11 is 6.07. The molecular formula is C16H21ClN2O3. The Kier molecular flexibility index (Phi) is 5.29. The number of likely N-dealkylation sites (tertiary alicyclic amines) is 1. The average molecular weight is 325 g/mol. The fourth-order valence-corrected chi connectivity index (χ4v) is 2.93. The third kappa shape index (κ3) is 4.13. The van der Waals surface area contributed by atoms with Crippen LogP contribution in [-0.4, -0.2) is 41.6 Å². The molecule has 0 aromatic heterocycles. The van der Waals surface area contributed by atoms with Crippen LogP contribution in [0.25, 0.3) is 0 Å². The lowest BCUT2D eigenvalue weighted by atomic mass is 9.74. The van der Waals surface area contributed by atoms with Gasteiger partial charge in [0.05, 0.1) is 6.42 Å². The molecule has 1 heterocycles. The maximum atomic E-state index is 12.0. The van der Waals surface area contributed by atoms with Crippen LogP contribution in [0.1, 0.15) is 31.7 Å². The van der Waals surface area contributed by atoms with E-state index in [0.717, 1.165) is 17.9 Å². The number of halogens is 1. The Morgan fingerprint density at radius 1 is 1.36 bits per heavy atom. The monoisotopic (exact) mass is 324 g/mol. The standard InChI is InChI=1S/C16H21ClN2O3/c1-16(12-3-2-4-13(17)11-12)6-9-19(10-7-16)15(22)18-8-5-14(20)21/h2-4,11H,5-10H2,1H3,(H,18,22)(H,20,21). The Morgan fingerprint density at radius 3 is 2.64 bits per heavy atom. The summed E-state index contributed by atoms with van der Waals surface area (Å²) in [5.41, 5.74) is 1.22. The van der Waals surface area contributed by atoms with Gasteiger partial charge in [0.1, 0.15) is 0 Å². The molecule has 6 heteroatoms. The summed E-state index contributed by atoms with van der Waals surface area (Å²) in [6.07, 6.45) is 1.67. The number of amides is 2. The number of aliphatic carboxylic acids is 1. The molecule has 0 aliphatic carbocycles. The van der Waals surface area contributed by atoms with Gasteiger partial charge in [0.25, 0.3) is 0 Å². The Hall–Kier alpha value is -1.75. The van der Waals surface area contributed by atoms with Crippen molar-refractivity contribution in [1.29, 1.82) is 0 Å². The highest BCUT2D eigenvalue weighted by Crippen LogP contribution is 2.35. The zero-order valence-corrected chi connectivity index (χ0v) is 13.4. The van der Waals surface area contributed by atoms with E-state index in [0.29, 0.717) is 13.1 Å². The molecule has 0 bridgehead atoms. The zero-order chi connectivity index (χ0) is 16.2. The summed E-state index contributed by atoms with van der Waals surface area (Å²) < 4.78 is 0. The summed E-state index contributed by atoms with van der Waals surface area (Å²) in [7, 11) is 0. The van der Waals surface area contributed by atoms with E-state index in [9.17, 15) is 9.59 Å². The molecule has 1 aromatic carbocycles. The summed E-state index contributed by atoms with van der Waals surface area (Å²) in [6, 6.07) is 7.70. The number of nitrogens with zero attached hydrogens (tertiary/aromatic N) is 1. The fourth-order valence-electron chi connectivity index (χ4n) is 2.74. The Morgan fingerprint density at radius 2 is 2.05 bits per heavy atom. The van der Waals surface area contributed by atoms with Crippen LogP contribution in [0.4, 0.5) is 4.79 Å². The zero-order valence-electron chi connectivity index (χ0n) is 12.6. The van der Waals surface area contributed by atoms with Gasteiger partial charge in [0.15, 0.2) is 0 Å². The largest absolute Gasteiger partial charge is 0.481 e. The first-order valence-corrected chi connectivity index (χ1v) is 7.79. The van der Waals surface area contributed by atoms with Crippen molar-refractivity contribution < 1.29 is 14.7 Å². The Bertz CT molecular complexity index is 554. The number of benzene rings is 1. The van der Waals surface area contributed by atoms with E-state index < -0.39 is 5.97 Å². The first-order chi connectivity index (χ1) is 10.4. The summed E-state index contributed by atoms with van der Waals surface area (Å²) in [4.78, 5) is 24.2. The Balaban J connectivity index is 1.89. The molecule has 0 unspecified atom stereocenters. The van der Waals surface area contributed by atoms with Gasteiger partial charge < -0.3 is 15.3 Å². The topological polar surface area (TPSA) is 69.6 Å². The number of carbonyl (C=O) groups excluding carboxylic acids is 1. The molecule has 0 saturated carbocycles. The minimum absolute atomic E-state index is 0.0166. The number of hydrogen-bond acceptors (Lipinski definition) is 2. The molecule has 0 radical (unpaired) electrons. The van der Waals surface area contributed by atoms with E-state index in [1.165, 1.54) is 5.56 Å². The summed E-state index contributed by atoms with van der Waals surface area (Å²) in [6.45, 7) is 3.67. The molecule has 120 valence electrons. The molecule has 1 aromatic rings. The number of hydrogen-bond donors (Lipinski definition) is 2. The SMILES string of the molecule is CC1(c2cccc(Cl)c2)CCN(C(=O)NCCC(=O)O)CC1. The number of carboxylic acid groups (broad SMARTS) is 1. The fraction of sp³-hybridized carbons (Fsp3) is 0.500. The van der Waals surface area contributed by atoms with E-state index in [4.69, 9.17) is 16.7 Å². The number of carbonyl (C=O) groups is 2. The van der Waals surface area contributed by atoms with Crippen LogP contribution in [0, 0.1) is 0 Å². The van der Waals surface area contributed by atoms with Crippen LogP contribution in [0.5, 0.6) is 0 Å². The third-order valence-electron chi connectivity index (χ3n) is 4.29. The van der Waals surface area contributed by atoms with Crippen molar-refractivity contribution in [1.82, 2.24) is 10.2 Å².